The molecule has 3 rings (SSSR count). The predicted molar refractivity (Wildman–Crippen MR) is 122 cm³/mol. The molecule has 8 nitrogen and oxygen atoms in total. The lowest BCUT2D eigenvalue weighted by Gasteiger charge is -2.19. The van der Waals surface area contributed by atoms with Crippen LogP contribution in [0.25, 0.3) is 0 Å². The second kappa shape index (κ2) is 9.14. The summed E-state index contributed by atoms with van der Waals surface area (Å²) in [6, 6.07) is 14.1. The fourth-order valence-corrected chi connectivity index (χ4v) is 3.44. The van der Waals surface area contributed by atoms with Crippen molar-refractivity contribution in [3.63, 3.8) is 0 Å². The Bertz CT molecular complexity index is 1300. The maximum absolute atomic E-state index is 14.4. The maximum atomic E-state index is 14.4. The number of benzene rings is 3. The van der Waals surface area contributed by atoms with Gasteiger partial charge in [-0.2, -0.15) is 5.26 Å². The second-order valence-electron chi connectivity index (χ2n) is 7.59. The van der Waals surface area contributed by atoms with E-state index in [9.17, 15) is 24.6 Å². The van der Waals surface area contributed by atoms with Gasteiger partial charge in [0.2, 0.25) is 5.75 Å². The Balaban J connectivity index is 1.91. The SMILES string of the molecule is CC(C)(C#N)c1cccc(C(=O)Nc2cc(Oc3ccc(N)cc3[N+](=O)[O-])ccc2F)c1Cl. The van der Waals surface area contributed by atoms with Crippen molar-refractivity contribution >= 4 is 34.6 Å². The van der Waals surface area contributed by atoms with Crippen molar-refractivity contribution in [2.45, 2.75) is 19.3 Å². The smallest absolute Gasteiger partial charge is 0.313 e. The molecule has 0 fully saturated rings. The summed E-state index contributed by atoms with van der Waals surface area (Å²) >= 11 is 6.37. The Morgan fingerprint density at radius 1 is 1.24 bits per heavy atom. The number of nitrogens with zero attached hydrogens (tertiary/aromatic N) is 2. The number of nitrogens with one attached hydrogen (secondary N) is 1. The van der Waals surface area contributed by atoms with Gasteiger partial charge in [-0.1, -0.05) is 23.7 Å². The Hall–Kier alpha value is -4.16. The van der Waals surface area contributed by atoms with Crippen molar-refractivity contribution in [2.75, 3.05) is 11.1 Å². The lowest BCUT2D eigenvalue weighted by Crippen LogP contribution is -2.18. The number of nitrogen functional groups attached to an aromatic ring is 1. The molecule has 0 saturated carbocycles. The molecule has 0 saturated heterocycles. The summed E-state index contributed by atoms with van der Waals surface area (Å²) in [7, 11) is 0. The Kier molecular flexibility index (Phi) is 6.51. The molecule has 0 aromatic heterocycles. The minimum absolute atomic E-state index is 0.0463. The monoisotopic (exact) mass is 468 g/mol. The number of carbonyl (C=O) groups excluding carboxylic acids is 1. The van der Waals surface area contributed by atoms with Crippen LogP contribution in [-0.4, -0.2) is 10.8 Å². The zero-order valence-corrected chi connectivity index (χ0v) is 18.3. The van der Waals surface area contributed by atoms with E-state index in [1.807, 2.05) is 0 Å². The first kappa shape index (κ1) is 23.5. The molecular formula is C23H18ClFN4O4. The molecule has 0 atom stereocenters. The number of amides is 1. The van der Waals surface area contributed by atoms with E-state index in [-0.39, 0.29) is 39.1 Å². The molecule has 10 heteroatoms. The van der Waals surface area contributed by atoms with Gasteiger partial charge in [0.25, 0.3) is 5.91 Å². The highest BCUT2D eigenvalue weighted by Gasteiger charge is 2.26. The molecule has 0 aliphatic rings. The number of nitriles is 1. The van der Waals surface area contributed by atoms with Crippen LogP contribution in [0, 0.1) is 27.3 Å². The van der Waals surface area contributed by atoms with E-state index in [1.54, 1.807) is 26.0 Å². The van der Waals surface area contributed by atoms with Gasteiger partial charge in [0.15, 0.2) is 0 Å². The molecule has 3 aromatic rings. The molecule has 0 aliphatic heterocycles. The lowest BCUT2D eigenvalue weighted by molar-refractivity contribution is -0.385. The fraction of sp³-hybridized carbons (Fsp3) is 0.130. The lowest BCUT2D eigenvalue weighted by atomic mass is 9.85. The highest BCUT2D eigenvalue weighted by Crippen LogP contribution is 2.35. The van der Waals surface area contributed by atoms with Gasteiger partial charge in [-0.25, -0.2) is 4.39 Å². The Morgan fingerprint density at radius 2 is 1.97 bits per heavy atom. The highest BCUT2D eigenvalue weighted by molar-refractivity contribution is 6.35. The number of carbonyl (C=O) groups is 1. The minimum atomic E-state index is -0.944. The van der Waals surface area contributed by atoms with E-state index in [0.29, 0.717) is 5.56 Å². The van der Waals surface area contributed by atoms with Gasteiger partial charge in [-0.15, -0.1) is 0 Å². The van der Waals surface area contributed by atoms with Gasteiger partial charge in [0.1, 0.15) is 11.6 Å². The van der Waals surface area contributed by atoms with Crippen molar-refractivity contribution in [2.24, 2.45) is 0 Å². The van der Waals surface area contributed by atoms with Crippen LogP contribution in [0.4, 0.5) is 21.5 Å². The van der Waals surface area contributed by atoms with Crippen LogP contribution in [0.2, 0.25) is 5.02 Å². The maximum Gasteiger partial charge on any atom is 0.313 e. The van der Waals surface area contributed by atoms with Crippen molar-refractivity contribution < 1.29 is 18.8 Å². The van der Waals surface area contributed by atoms with Crippen LogP contribution >= 0.6 is 11.6 Å². The first-order chi connectivity index (χ1) is 15.5. The largest absolute Gasteiger partial charge is 0.450 e. The first-order valence-electron chi connectivity index (χ1n) is 9.56. The zero-order chi connectivity index (χ0) is 24.3. The van der Waals surface area contributed by atoms with Crippen LogP contribution < -0.4 is 15.8 Å². The van der Waals surface area contributed by atoms with E-state index in [2.05, 4.69) is 11.4 Å². The van der Waals surface area contributed by atoms with E-state index < -0.39 is 22.1 Å². The molecule has 3 aromatic carbocycles. The third kappa shape index (κ3) is 5.02. The number of hydrogen-bond acceptors (Lipinski definition) is 6. The average Bonchev–Trinajstić information content (AvgIpc) is 2.77. The molecule has 0 spiro atoms. The van der Waals surface area contributed by atoms with Crippen molar-refractivity contribution in [3.05, 3.63) is 86.7 Å². The number of nitro groups is 1. The van der Waals surface area contributed by atoms with Crippen molar-refractivity contribution in [1.82, 2.24) is 0 Å². The Morgan fingerprint density at radius 3 is 2.64 bits per heavy atom. The number of nitro benzene ring substituents is 1. The summed E-state index contributed by atoms with van der Waals surface area (Å²) < 4.78 is 19.9. The molecule has 0 radical (unpaired) electrons. The van der Waals surface area contributed by atoms with E-state index >= 15 is 0 Å². The van der Waals surface area contributed by atoms with E-state index in [4.69, 9.17) is 22.1 Å². The molecule has 1 amide bonds. The number of halogens is 2. The minimum Gasteiger partial charge on any atom is -0.450 e. The van der Waals surface area contributed by atoms with Crippen LogP contribution in [-0.2, 0) is 5.41 Å². The molecule has 33 heavy (non-hydrogen) atoms. The van der Waals surface area contributed by atoms with E-state index in [1.165, 1.54) is 30.3 Å². The van der Waals surface area contributed by atoms with Crippen LogP contribution in [0.5, 0.6) is 11.5 Å². The molecular weight excluding hydrogens is 451 g/mol. The number of nitrogens with two attached hydrogens (primary N) is 1. The van der Waals surface area contributed by atoms with Gasteiger partial charge in [0, 0.05) is 17.8 Å². The van der Waals surface area contributed by atoms with Gasteiger partial charge < -0.3 is 15.8 Å². The quantitative estimate of drug-likeness (QED) is 0.266. The Labute approximate surface area is 193 Å². The summed E-state index contributed by atoms with van der Waals surface area (Å²) in [4.78, 5) is 23.4. The number of anilines is 2. The topological polar surface area (TPSA) is 131 Å². The standard InChI is InChI=1S/C23H18ClFN4O4/c1-23(2,12-26)16-5-3-4-15(21(16)24)22(30)28-18-11-14(7-8-17(18)25)33-20-9-6-13(27)10-19(20)29(31)32/h3-11H,27H2,1-2H3,(H,28,30). The average molecular weight is 469 g/mol. The van der Waals surface area contributed by atoms with Gasteiger partial charge in [-0.3, -0.25) is 14.9 Å². The third-order valence-corrected chi connectivity index (χ3v) is 5.20. The summed E-state index contributed by atoms with van der Waals surface area (Å²) in [5.41, 5.74) is 4.73. The summed E-state index contributed by atoms with van der Waals surface area (Å²) in [6.45, 7) is 3.32. The van der Waals surface area contributed by atoms with Crippen LogP contribution in [0.1, 0.15) is 29.8 Å². The third-order valence-electron chi connectivity index (χ3n) is 4.79. The molecule has 0 unspecified atom stereocenters. The predicted octanol–water partition coefficient (Wildman–Crippen LogP) is 5.82. The van der Waals surface area contributed by atoms with E-state index in [0.717, 1.165) is 12.1 Å². The van der Waals surface area contributed by atoms with Crippen LogP contribution in [0.15, 0.2) is 54.6 Å². The summed E-state index contributed by atoms with van der Waals surface area (Å²) in [5.74, 6) is -1.52. The molecule has 0 bridgehead atoms. The van der Waals surface area contributed by atoms with Crippen molar-refractivity contribution in [3.8, 4) is 17.6 Å². The molecule has 0 aliphatic carbocycles. The molecule has 0 heterocycles. The molecule has 3 N–H and O–H groups in total. The molecule has 168 valence electrons. The van der Waals surface area contributed by atoms with Gasteiger partial charge in [0.05, 0.1) is 32.7 Å². The number of rotatable bonds is 6. The van der Waals surface area contributed by atoms with Gasteiger partial charge >= 0.3 is 5.69 Å². The van der Waals surface area contributed by atoms with Crippen molar-refractivity contribution in [1.29, 1.82) is 5.26 Å². The second-order valence-corrected chi connectivity index (χ2v) is 7.96. The van der Waals surface area contributed by atoms with Gasteiger partial charge in [-0.05, 0) is 49.7 Å². The van der Waals surface area contributed by atoms with Crippen LogP contribution in [0.3, 0.4) is 0 Å². The summed E-state index contributed by atoms with van der Waals surface area (Å²) in [5, 5.41) is 23.1. The summed E-state index contributed by atoms with van der Waals surface area (Å²) in [6.07, 6.45) is 0. The number of hydrogen-bond donors (Lipinski definition) is 2. The normalized spacial score (nSPS) is 10.9. The fourth-order valence-electron chi connectivity index (χ4n) is 2.99. The highest BCUT2D eigenvalue weighted by atomic mass is 35.5. The number of ether oxygens (including phenoxy) is 1. The first-order valence-corrected chi connectivity index (χ1v) is 9.94. The zero-order valence-electron chi connectivity index (χ0n) is 17.6.